The Morgan fingerprint density at radius 2 is 1.80 bits per heavy atom. The highest BCUT2D eigenvalue weighted by atomic mass is 35.5. The topological polar surface area (TPSA) is 23.6 Å². The molecule has 0 saturated carbocycles. The second kappa shape index (κ2) is 7.94. The molecule has 1 saturated heterocycles. The van der Waals surface area contributed by atoms with E-state index in [0.29, 0.717) is 23.1 Å². The van der Waals surface area contributed by atoms with Crippen LogP contribution in [0.1, 0.15) is 11.1 Å². The van der Waals surface area contributed by atoms with Crippen LogP contribution >= 0.6 is 23.2 Å². The van der Waals surface area contributed by atoms with E-state index in [-0.39, 0.29) is 5.91 Å². The summed E-state index contributed by atoms with van der Waals surface area (Å²) >= 11 is 12.0. The van der Waals surface area contributed by atoms with Crippen molar-refractivity contribution in [1.29, 1.82) is 0 Å². The van der Waals surface area contributed by atoms with Gasteiger partial charge >= 0.3 is 0 Å². The third kappa shape index (κ3) is 4.56. The van der Waals surface area contributed by atoms with Crippen molar-refractivity contribution in [3.63, 3.8) is 0 Å². The van der Waals surface area contributed by atoms with Crippen LogP contribution in [0.3, 0.4) is 0 Å². The molecule has 1 aliphatic heterocycles. The van der Waals surface area contributed by atoms with Gasteiger partial charge < -0.3 is 9.80 Å². The number of hydrogen-bond acceptors (Lipinski definition) is 2. The molecular formula is C20H20Cl2N2O. The summed E-state index contributed by atoms with van der Waals surface area (Å²) in [5.74, 6) is 0.00917. The minimum absolute atomic E-state index is 0.00917. The first-order valence-electron chi connectivity index (χ1n) is 8.26. The quantitative estimate of drug-likeness (QED) is 0.729. The van der Waals surface area contributed by atoms with E-state index in [1.807, 2.05) is 11.0 Å². The van der Waals surface area contributed by atoms with Crippen LogP contribution in [0.15, 0.2) is 48.5 Å². The van der Waals surface area contributed by atoms with Gasteiger partial charge in [0.25, 0.3) is 0 Å². The molecule has 5 heteroatoms. The van der Waals surface area contributed by atoms with Crippen LogP contribution in [0.5, 0.6) is 0 Å². The zero-order chi connectivity index (χ0) is 17.8. The molecule has 25 heavy (non-hydrogen) atoms. The fourth-order valence-electron chi connectivity index (χ4n) is 2.91. The van der Waals surface area contributed by atoms with Crippen LogP contribution in [0, 0.1) is 6.92 Å². The average Bonchev–Trinajstić information content (AvgIpc) is 2.61. The highest BCUT2D eigenvalue weighted by Gasteiger charge is 2.19. The van der Waals surface area contributed by atoms with Crippen molar-refractivity contribution in [1.82, 2.24) is 4.90 Å². The fourth-order valence-corrected chi connectivity index (χ4v) is 3.38. The molecule has 0 bridgehead atoms. The Kier molecular flexibility index (Phi) is 5.67. The molecule has 3 nitrogen and oxygen atoms in total. The summed E-state index contributed by atoms with van der Waals surface area (Å²) in [4.78, 5) is 16.6. The van der Waals surface area contributed by atoms with Gasteiger partial charge in [-0.3, -0.25) is 4.79 Å². The van der Waals surface area contributed by atoms with Gasteiger partial charge in [0.1, 0.15) is 0 Å². The molecule has 0 aromatic heterocycles. The highest BCUT2D eigenvalue weighted by Crippen LogP contribution is 2.22. The predicted octanol–water partition coefficient (Wildman–Crippen LogP) is 4.66. The lowest BCUT2D eigenvalue weighted by Crippen LogP contribution is -2.48. The summed E-state index contributed by atoms with van der Waals surface area (Å²) in [7, 11) is 0. The maximum absolute atomic E-state index is 12.4. The van der Waals surface area contributed by atoms with E-state index in [0.717, 1.165) is 18.7 Å². The molecule has 1 heterocycles. The molecule has 0 spiro atoms. The summed E-state index contributed by atoms with van der Waals surface area (Å²) in [6.45, 7) is 5.20. The van der Waals surface area contributed by atoms with Crippen molar-refractivity contribution in [3.05, 3.63) is 69.7 Å². The largest absolute Gasteiger partial charge is 0.368 e. The Labute approximate surface area is 158 Å². The van der Waals surface area contributed by atoms with Gasteiger partial charge in [-0.05, 0) is 48.4 Å². The Morgan fingerprint density at radius 3 is 2.48 bits per heavy atom. The van der Waals surface area contributed by atoms with Gasteiger partial charge in [-0.1, -0.05) is 41.4 Å². The number of amides is 1. The van der Waals surface area contributed by atoms with E-state index < -0.39 is 0 Å². The van der Waals surface area contributed by atoms with Gasteiger partial charge in [-0.25, -0.2) is 0 Å². The molecule has 0 radical (unpaired) electrons. The summed E-state index contributed by atoms with van der Waals surface area (Å²) in [5, 5.41) is 1.13. The lowest BCUT2D eigenvalue weighted by Gasteiger charge is -2.35. The van der Waals surface area contributed by atoms with Gasteiger partial charge in [0, 0.05) is 48.0 Å². The van der Waals surface area contributed by atoms with Gasteiger partial charge in [0.05, 0.1) is 0 Å². The number of halogens is 2. The van der Waals surface area contributed by atoms with Crippen molar-refractivity contribution in [2.75, 3.05) is 31.1 Å². The molecule has 0 unspecified atom stereocenters. The van der Waals surface area contributed by atoms with Crippen molar-refractivity contribution >= 4 is 40.9 Å². The first-order chi connectivity index (χ1) is 12.0. The van der Waals surface area contributed by atoms with Gasteiger partial charge in [0.15, 0.2) is 0 Å². The van der Waals surface area contributed by atoms with Crippen LogP contribution in [-0.2, 0) is 4.79 Å². The lowest BCUT2D eigenvalue weighted by atomic mass is 10.2. The molecule has 130 valence electrons. The SMILES string of the molecule is Cc1cccc(N2CCN(C(=O)/C=C/c3ccc(Cl)cc3Cl)CC2)c1. The van der Waals surface area contributed by atoms with Gasteiger partial charge in [-0.2, -0.15) is 0 Å². The van der Waals surface area contributed by atoms with Crippen LogP contribution in [0.2, 0.25) is 10.0 Å². The first kappa shape index (κ1) is 17.8. The van der Waals surface area contributed by atoms with E-state index in [2.05, 4.69) is 36.1 Å². The zero-order valence-electron chi connectivity index (χ0n) is 14.1. The molecule has 1 amide bonds. The Morgan fingerprint density at radius 1 is 1.04 bits per heavy atom. The second-order valence-electron chi connectivity index (χ2n) is 6.15. The van der Waals surface area contributed by atoms with E-state index >= 15 is 0 Å². The monoisotopic (exact) mass is 374 g/mol. The minimum Gasteiger partial charge on any atom is -0.368 e. The van der Waals surface area contributed by atoms with Crippen molar-refractivity contribution < 1.29 is 4.79 Å². The lowest BCUT2D eigenvalue weighted by molar-refractivity contribution is -0.126. The molecule has 2 aromatic carbocycles. The second-order valence-corrected chi connectivity index (χ2v) is 6.99. The van der Waals surface area contributed by atoms with Crippen molar-refractivity contribution in [2.45, 2.75) is 6.92 Å². The van der Waals surface area contributed by atoms with Crippen LogP contribution in [0.4, 0.5) is 5.69 Å². The predicted molar refractivity (Wildman–Crippen MR) is 105 cm³/mol. The normalized spacial score (nSPS) is 15.0. The molecule has 2 aromatic rings. The third-order valence-electron chi connectivity index (χ3n) is 4.33. The van der Waals surface area contributed by atoms with Crippen LogP contribution < -0.4 is 4.90 Å². The van der Waals surface area contributed by atoms with E-state index in [9.17, 15) is 4.79 Å². The van der Waals surface area contributed by atoms with Crippen molar-refractivity contribution in [3.8, 4) is 0 Å². The molecule has 3 rings (SSSR count). The number of hydrogen-bond donors (Lipinski definition) is 0. The summed E-state index contributed by atoms with van der Waals surface area (Å²) < 4.78 is 0. The van der Waals surface area contributed by atoms with Gasteiger partial charge in [0.2, 0.25) is 5.91 Å². The molecule has 0 N–H and O–H groups in total. The number of aryl methyl sites for hydroxylation is 1. The van der Waals surface area contributed by atoms with Crippen LogP contribution in [0.25, 0.3) is 6.08 Å². The number of carbonyl (C=O) groups excluding carboxylic acids is 1. The zero-order valence-corrected chi connectivity index (χ0v) is 15.6. The summed E-state index contributed by atoms with van der Waals surface area (Å²) in [6.07, 6.45) is 3.32. The number of carbonyl (C=O) groups is 1. The van der Waals surface area contributed by atoms with E-state index in [1.165, 1.54) is 11.3 Å². The first-order valence-corrected chi connectivity index (χ1v) is 9.02. The Bertz CT molecular complexity index is 796. The van der Waals surface area contributed by atoms with E-state index in [4.69, 9.17) is 23.2 Å². The van der Waals surface area contributed by atoms with Crippen molar-refractivity contribution in [2.24, 2.45) is 0 Å². The van der Waals surface area contributed by atoms with E-state index in [1.54, 1.807) is 24.3 Å². The molecule has 1 aliphatic rings. The third-order valence-corrected chi connectivity index (χ3v) is 4.89. The smallest absolute Gasteiger partial charge is 0.246 e. The van der Waals surface area contributed by atoms with Crippen LogP contribution in [-0.4, -0.2) is 37.0 Å². The molecule has 1 fully saturated rings. The molecule has 0 atom stereocenters. The number of piperazine rings is 1. The maximum atomic E-state index is 12.4. The molecule has 0 aliphatic carbocycles. The number of anilines is 1. The Balaban J connectivity index is 1.59. The average molecular weight is 375 g/mol. The Hall–Kier alpha value is -1.97. The summed E-state index contributed by atoms with van der Waals surface area (Å²) in [6, 6.07) is 13.7. The van der Waals surface area contributed by atoms with Gasteiger partial charge in [-0.15, -0.1) is 0 Å². The maximum Gasteiger partial charge on any atom is 0.246 e. The number of nitrogens with zero attached hydrogens (tertiary/aromatic N) is 2. The number of benzene rings is 2. The fraction of sp³-hybridized carbons (Fsp3) is 0.250. The molecular weight excluding hydrogens is 355 g/mol. The summed E-state index contributed by atoms with van der Waals surface area (Å²) in [5.41, 5.74) is 3.26. The number of rotatable bonds is 3. The highest BCUT2D eigenvalue weighted by molar-refractivity contribution is 6.35. The standard InChI is InChI=1S/C20H20Cl2N2O/c1-15-3-2-4-18(13-15)23-9-11-24(12-10-23)20(25)8-6-16-5-7-17(21)14-19(16)22/h2-8,13-14H,9-12H2,1H3/b8-6+. The minimum atomic E-state index is 0.00917.